The van der Waals surface area contributed by atoms with Gasteiger partial charge >= 0.3 is 0 Å². The molecule has 0 aliphatic heterocycles. The van der Waals surface area contributed by atoms with E-state index in [4.69, 9.17) is 11.5 Å². The summed E-state index contributed by atoms with van der Waals surface area (Å²) in [5.41, 5.74) is 17.3. The molecule has 0 fully saturated rings. The first kappa shape index (κ1) is 25.6. The Morgan fingerprint density at radius 3 is 2.43 bits per heavy atom. The molecule has 0 saturated carbocycles. The number of nitrogens with two attached hydrogens (primary N) is 2. The zero-order chi connectivity index (χ0) is 25.5. The highest BCUT2D eigenvalue weighted by atomic mass is 16.3. The highest BCUT2D eigenvalue weighted by Crippen LogP contribution is 2.40. The molecule has 3 rings (SSSR count). The summed E-state index contributed by atoms with van der Waals surface area (Å²) in [6.07, 6.45) is 4.30. The van der Waals surface area contributed by atoms with E-state index in [1.54, 1.807) is 31.3 Å². The molecule has 35 heavy (non-hydrogen) atoms. The number of aromatic hydroxyl groups is 1. The Labute approximate surface area is 206 Å². The third-order valence-electron chi connectivity index (χ3n) is 6.41. The van der Waals surface area contributed by atoms with Crippen molar-refractivity contribution >= 4 is 23.5 Å². The topological polar surface area (TPSA) is 129 Å². The van der Waals surface area contributed by atoms with E-state index >= 15 is 0 Å². The SMILES string of the molecule is C=CC(=O)N(C)[C@@H](CO)C[C@H](CC)c1[nH]c(N)c(/C=C(\N)c2ccccc2O)c1-c1ccccc1. The standard InChI is InChI=1S/C28H34N4O3/c1-4-18(15-20(17-33)32(3)25(35)5-2)27-26(19-11-7-6-8-12-19)22(28(30)31-27)16-23(29)21-13-9-10-14-24(21)34/h5-14,16,18,20,31,33-34H,2,4,15,17,29-30H2,1,3H3/b23-16-/t18-,20+/m0/s1. The van der Waals surface area contributed by atoms with Crippen molar-refractivity contribution in [3.63, 3.8) is 0 Å². The van der Waals surface area contributed by atoms with Gasteiger partial charge < -0.3 is 31.6 Å². The quantitative estimate of drug-likeness (QED) is 0.280. The highest BCUT2D eigenvalue weighted by molar-refractivity contribution is 5.92. The van der Waals surface area contributed by atoms with Gasteiger partial charge in [-0.05, 0) is 42.7 Å². The third-order valence-corrected chi connectivity index (χ3v) is 6.41. The number of nitrogen functional groups attached to an aromatic ring is 1. The number of amides is 1. The van der Waals surface area contributed by atoms with Crippen LogP contribution in [0.4, 0.5) is 5.82 Å². The molecule has 0 aliphatic rings. The first-order valence-electron chi connectivity index (χ1n) is 11.6. The van der Waals surface area contributed by atoms with Gasteiger partial charge in [-0.15, -0.1) is 0 Å². The van der Waals surface area contributed by atoms with Gasteiger partial charge in [0.05, 0.1) is 12.6 Å². The van der Waals surface area contributed by atoms with Gasteiger partial charge in [-0.25, -0.2) is 0 Å². The summed E-state index contributed by atoms with van der Waals surface area (Å²) < 4.78 is 0. The van der Waals surface area contributed by atoms with E-state index in [0.29, 0.717) is 23.5 Å². The molecule has 184 valence electrons. The number of anilines is 1. The van der Waals surface area contributed by atoms with Crippen molar-refractivity contribution in [2.75, 3.05) is 19.4 Å². The van der Waals surface area contributed by atoms with E-state index < -0.39 is 0 Å². The van der Waals surface area contributed by atoms with Gasteiger partial charge in [0.25, 0.3) is 0 Å². The molecule has 0 saturated heterocycles. The van der Waals surface area contributed by atoms with Crippen molar-refractivity contribution in [3.05, 3.63) is 84.1 Å². The van der Waals surface area contributed by atoms with Crippen molar-refractivity contribution in [1.82, 2.24) is 9.88 Å². The van der Waals surface area contributed by atoms with Gasteiger partial charge in [0.15, 0.2) is 0 Å². The second-order valence-electron chi connectivity index (χ2n) is 8.55. The summed E-state index contributed by atoms with van der Waals surface area (Å²) >= 11 is 0. The van der Waals surface area contributed by atoms with Gasteiger partial charge in [-0.1, -0.05) is 56.0 Å². The van der Waals surface area contributed by atoms with Crippen LogP contribution in [0.5, 0.6) is 5.75 Å². The lowest BCUT2D eigenvalue weighted by Crippen LogP contribution is -2.39. The number of nitrogens with zero attached hydrogens (tertiary/aromatic N) is 1. The van der Waals surface area contributed by atoms with E-state index in [9.17, 15) is 15.0 Å². The summed E-state index contributed by atoms with van der Waals surface area (Å²) in [6.45, 7) is 5.44. The summed E-state index contributed by atoms with van der Waals surface area (Å²) in [5.74, 6) is 0.265. The molecule has 7 nitrogen and oxygen atoms in total. The molecule has 0 unspecified atom stereocenters. The number of benzene rings is 2. The summed E-state index contributed by atoms with van der Waals surface area (Å²) in [6, 6.07) is 16.4. The minimum Gasteiger partial charge on any atom is -0.507 e. The smallest absolute Gasteiger partial charge is 0.246 e. The molecule has 0 aliphatic carbocycles. The van der Waals surface area contributed by atoms with E-state index in [0.717, 1.165) is 28.8 Å². The van der Waals surface area contributed by atoms with Gasteiger partial charge in [-0.2, -0.15) is 0 Å². The molecule has 3 aromatic rings. The van der Waals surface area contributed by atoms with E-state index in [1.807, 2.05) is 36.4 Å². The number of likely N-dealkylation sites (N-methyl/N-ethyl adjacent to an activating group) is 1. The summed E-state index contributed by atoms with van der Waals surface area (Å²) in [5, 5.41) is 20.3. The number of hydrogen-bond acceptors (Lipinski definition) is 5. The number of aliphatic hydroxyl groups excluding tert-OH is 1. The van der Waals surface area contributed by atoms with Crippen LogP contribution in [0.1, 0.15) is 42.5 Å². The number of hydrogen-bond donors (Lipinski definition) is 5. The van der Waals surface area contributed by atoms with E-state index in [1.165, 1.54) is 11.0 Å². The molecule has 1 amide bonds. The molecule has 0 spiro atoms. The Morgan fingerprint density at radius 2 is 1.83 bits per heavy atom. The number of aromatic nitrogens is 1. The largest absolute Gasteiger partial charge is 0.507 e. The molecule has 2 atom stereocenters. The molecular weight excluding hydrogens is 440 g/mol. The fourth-order valence-electron chi connectivity index (χ4n) is 4.37. The number of H-pyrrole nitrogens is 1. The number of nitrogens with one attached hydrogen (secondary N) is 1. The highest BCUT2D eigenvalue weighted by Gasteiger charge is 2.27. The molecule has 0 radical (unpaired) electrons. The first-order chi connectivity index (χ1) is 16.8. The zero-order valence-electron chi connectivity index (χ0n) is 20.2. The van der Waals surface area contributed by atoms with Crippen LogP contribution in [-0.4, -0.2) is 45.7 Å². The van der Waals surface area contributed by atoms with Crippen LogP contribution in [0.2, 0.25) is 0 Å². The first-order valence-corrected chi connectivity index (χ1v) is 11.6. The zero-order valence-corrected chi connectivity index (χ0v) is 20.2. The average molecular weight is 475 g/mol. The Morgan fingerprint density at radius 1 is 1.17 bits per heavy atom. The van der Waals surface area contributed by atoms with Crippen molar-refractivity contribution < 1.29 is 15.0 Å². The molecule has 7 heteroatoms. The minimum absolute atomic E-state index is 0.0294. The average Bonchev–Trinajstić information content (AvgIpc) is 3.20. The third kappa shape index (κ3) is 5.58. The maximum atomic E-state index is 12.2. The number of para-hydroxylation sites is 1. The fraction of sp³-hybridized carbons (Fsp3) is 0.250. The van der Waals surface area contributed by atoms with Crippen LogP contribution in [-0.2, 0) is 4.79 Å². The van der Waals surface area contributed by atoms with Crippen molar-refractivity contribution in [2.24, 2.45) is 5.73 Å². The number of aromatic amines is 1. The number of phenols is 1. The van der Waals surface area contributed by atoms with Crippen molar-refractivity contribution in [1.29, 1.82) is 0 Å². The Bertz CT molecular complexity index is 1200. The maximum absolute atomic E-state index is 12.2. The number of rotatable bonds is 10. The predicted octanol–water partition coefficient (Wildman–Crippen LogP) is 4.32. The van der Waals surface area contributed by atoms with Gasteiger partial charge in [0.1, 0.15) is 11.6 Å². The van der Waals surface area contributed by atoms with Crippen LogP contribution >= 0.6 is 0 Å². The lowest BCUT2D eigenvalue weighted by Gasteiger charge is -2.29. The molecule has 0 bridgehead atoms. The van der Waals surface area contributed by atoms with Crippen molar-refractivity contribution in [3.8, 4) is 16.9 Å². The van der Waals surface area contributed by atoms with E-state index in [-0.39, 0.29) is 30.2 Å². The lowest BCUT2D eigenvalue weighted by atomic mass is 9.88. The number of carbonyl (C=O) groups excluding carboxylic acids is 1. The number of carbonyl (C=O) groups is 1. The number of aliphatic hydroxyl groups is 1. The second kappa shape index (κ2) is 11.4. The van der Waals surface area contributed by atoms with Gasteiger partial charge in [0.2, 0.25) is 5.91 Å². The van der Waals surface area contributed by atoms with Crippen LogP contribution in [0, 0.1) is 0 Å². The normalized spacial score (nSPS) is 13.3. The lowest BCUT2D eigenvalue weighted by molar-refractivity contribution is -0.127. The Hall–Kier alpha value is -3.97. The molecular formula is C28H34N4O3. The maximum Gasteiger partial charge on any atom is 0.246 e. The van der Waals surface area contributed by atoms with E-state index in [2.05, 4.69) is 18.5 Å². The van der Waals surface area contributed by atoms with Crippen LogP contribution in [0.25, 0.3) is 22.9 Å². The van der Waals surface area contributed by atoms with Crippen LogP contribution < -0.4 is 11.5 Å². The molecule has 1 heterocycles. The molecule has 7 N–H and O–H groups in total. The molecule has 2 aromatic carbocycles. The summed E-state index contributed by atoms with van der Waals surface area (Å²) in [7, 11) is 1.67. The Kier molecular flexibility index (Phi) is 8.39. The second-order valence-corrected chi connectivity index (χ2v) is 8.55. The van der Waals surface area contributed by atoms with Gasteiger partial charge in [0, 0.05) is 41.0 Å². The monoisotopic (exact) mass is 474 g/mol. The van der Waals surface area contributed by atoms with Crippen LogP contribution in [0.3, 0.4) is 0 Å². The predicted molar refractivity (Wildman–Crippen MR) is 142 cm³/mol. The molecule has 1 aromatic heterocycles. The number of phenolic OH excluding ortho intramolecular Hbond substituents is 1. The Balaban J connectivity index is 2.13. The van der Waals surface area contributed by atoms with Crippen molar-refractivity contribution in [2.45, 2.75) is 31.7 Å². The van der Waals surface area contributed by atoms with Gasteiger partial charge in [-0.3, -0.25) is 4.79 Å². The summed E-state index contributed by atoms with van der Waals surface area (Å²) in [4.78, 5) is 17.0. The van der Waals surface area contributed by atoms with Crippen LogP contribution in [0.15, 0.2) is 67.3 Å². The minimum atomic E-state index is -0.385. The fourth-order valence-corrected chi connectivity index (χ4v) is 4.37.